The summed E-state index contributed by atoms with van der Waals surface area (Å²) in [5, 5.41) is 0.723. The first-order valence-electron chi connectivity index (χ1n) is 7.65. The van der Waals surface area contributed by atoms with Crippen molar-refractivity contribution in [2.75, 3.05) is 13.4 Å². The van der Waals surface area contributed by atoms with Gasteiger partial charge in [-0.15, -0.1) is 0 Å². The van der Waals surface area contributed by atoms with Gasteiger partial charge < -0.3 is 18.9 Å². The number of esters is 1. The van der Waals surface area contributed by atoms with E-state index in [4.69, 9.17) is 42.1 Å². The van der Waals surface area contributed by atoms with Gasteiger partial charge in [0.15, 0.2) is 30.0 Å². The normalized spacial score (nSPS) is 13.2. The Morgan fingerprint density at radius 3 is 2.65 bits per heavy atom. The third kappa shape index (κ3) is 4.20. The molecular weight excluding hydrogens is 383 g/mol. The molecule has 3 rings (SSSR count). The number of hydrogen-bond donors (Lipinski definition) is 0. The number of carbonyl (C=O) groups excluding carboxylic acids is 2. The highest BCUT2D eigenvalue weighted by Gasteiger charge is 2.21. The van der Waals surface area contributed by atoms with Crippen LogP contribution in [-0.4, -0.2) is 31.3 Å². The summed E-state index contributed by atoms with van der Waals surface area (Å²) < 4.78 is 20.9. The Balaban J connectivity index is 1.55. The molecule has 0 N–H and O–H groups in total. The van der Waals surface area contributed by atoms with Crippen LogP contribution in [0.2, 0.25) is 10.0 Å². The molecule has 1 aliphatic rings. The molecule has 8 heteroatoms. The van der Waals surface area contributed by atoms with E-state index in [2.05, 4.69) is 0 Å². The number of benzene rings is 2. The van der Waals surface area contributed by atoms with Gasteiger partial charge in [0.2, 0.25) is 6.79 Å². The predicted molar refractivity (Wildman–Crippen MR) is 94.4 cm³/mol. The van der Waals surface area contributed by atoms with Crippen molar-refractivity contribution >= 4 is 35.0 Å². The average molecular weight is 397 g/mol. The van der Waals surface area contributed by atoms with Crippen molar-refractivity contribution in [3.63, 3.8) is 0 Å². The van der Waals surface area contributed by atoms with Gasteiger partial charge in [-0.05, 0) is 43.3 Å². The van der Waals surface area contributed by atoms with Crippen LogP contribution in [0.4, 0.5) is 0 Å². The smallest absolute Gasteiger partial charge is 0.347 e. The van der Waals surface area contributed by atoms with Crippen molar-refractivity contribution in [1.82, 2.24) is 0 Å². The van der Waals surface area contributed by atoms with Gasteiger partial charge in [-0.1, -0.05) is 23.2 Å². The van der Waals surface area contributed by atoms with Crippen LogP contribution in [0.3, 0.4) is 0 Å². The second-order valence-corrected chi connectivity index (χ2v) is 6.28. The minimum atomic E-state index is -0.946. The summed E-state index contributed by atoms with van der Waals surface area (Å²) in [6, 6.07) is 9.39. The summed E-state index contributed by atoms with van der Waals surface area (Å²) in [4.78, 5) is 24.2. The molecule has 0 unspecified atom stereocenters. The van der Waals surface area contributed by atoms with E-state index in [0.717, 1.165) is 0 Å². The van der Waals surface area contributed by atoms with Crippen molar-refractivity contribution in [2.45, 2.75) is 13.0 Å². The third-order valence-electron chi connectivity index (χ3n) is 3.57. The fourth-order valence-corrected chi connectivity index (χ4v) is 2.67. The van der Waals surface area contributed by atoms with Crippen LogP contribution in [0, 0.1) is 0 Å². The topological polar surface area (TPSA) is 71.1 Å². The van der Waals surface area contributed by atoms with Crippen LogP contribution in [0.15, 0.2) is 36.4 Å². The number of rotatable bonds is 6. The maximum atomic E-state index is 12.2. The molecule has 136 valence electrons. The number of hydrogen-bond acceptors (Lipinski definition) is 6. The Morgan fingerprint density at radius 2 is 1.88 bits per heavy atom. The molecule has 6 nitrogen and oxygen atoms in total. The van der Waals surface area contributed by atoms with Crippen LogP contribution in [0.5, 0.6) is 17.2 Å². The first-order chi connectivity index (χ1) is 12.4. The Hall–Kier alpha value is -2.44. The first kappa shape index (κ1) is 18.4. The highest BCUT2D eigenvalue weighted by molar-refractivity contribution is 6.35. The van der Waals surface area contributed by atoms with Gasteiger partial charge in [-0.3, -0.25) is 4.79 Å². The molecule has 1 atom stereocenters. The number of ether oxygens (including phenoxy) is 4. The lowest BCUT2D eigenvalue weighted by molar-refractivity contribution is -0.149. The summed E-state index contributed by atoms with van der Waals surface area (Å²) in [5.74, 6) is 0.290. The van der Waals surface area contributed by atoms with Gasteiger partial charge in [0, 0.05) is 10.6 Å². The molecule has 1 aliphatic heterocycles. The van der Waals surface area contributed by atoms with Crippen molar-refractivity contribution < 1.29 is 28.5 Å². The highest BCUT2D eigenvalue weighted by atomic mass is 35.5. The molecule has 0 spiro atoms. The molecule has 1 heterocycles. The van der Waals surface area contributed by atoms with Crippen molar-refractivity contribution in [3.05, 3.63) is 52.0 Å². The number of carbonyl (C=O) groups is 2. The fourth-order valence-electron chi connectivity index (χ4n) is 2.22. The number of halogens is 2. The Kier molecular flexibility index (Phi) is 5.54. The van der Waals surface area contributed by atoms with E-state index in [1.807, 2.05) is 0 Å². The molecule has 2 aromatic carbocycles. The molecular formula is C18H14Cl2O6. The van der Waals surface area contributed by atoms with Gasteiger partial charge in [-0.2, -0.15) is 0 Å². The minimum Gasteiger partial charge on any atom is -0.477 e. The zero-order valence-electron chi connectivity index (χ0n) is 13.7. The van der Waals surface area contributed by atoms with Crippen LogP contribution < -0.4 is 14.2 Å². The van der Waals surface area contributed by atoms with E-state index in [1.54, 1.807) is 30.3 Å². The second kappa shape index (κ2) is 7.85. The van der Waals surface area contributed by atoms with Gasteiger partial charge in [0.1, 0.15) is 5.75 Å². The number of ketones is 1. The summed E-state index contributed by atoms with van der Waals surface area (Å²) in [6.07, 6.45) is -0.946. The molecule has 0 bridgehead atoms. The monoisotopic (exact) mass is 396 g/mol. The molecule has 0 fully saturated rings. The van der Waals surface area contributed by atoms with Crippen molar-refractivity contribution in [1.29, 1.82) is 0 Å². The zero-order chi connectivity index (χ0) is 18.7. The lowest BCUT2D eigenvalue weighted by Crippen LogP contribution is -2.28. The lowest BCUT2D eigenvalue weighted by atomic mass is 10.1. The van der Waals surface area contributed by atoms with Gasteiger partial charge in [0.05, 0.1) is 5.02 Å². The Morgan fingerprint density at radius 1 is 1.12 bits per heavy atom. The van der Waals surface area contributed by atoms with E-state index < -0.39 is 18.7 Å². The molecule has 0 saturated heterocycles. The summed E-state index contributed by atoms with van der Waals surface area (Å²) in [7, 11) is 0. The fraction of sp³-hybridized carbons (Fsp3) is 0.222. The van der Waals surface area contributed by atoms with Crippen molar-refractivity contribution in [3.8, 4) is 17.2 Å². The molecule has 0 radical (unpaired) electrons. The molecule has 2 aromatic rings. The maximum Gasteiger partial charge on any atom is 0.347 e. The van der Waals surface area contributed by atoms with Gasteiger partial charge >= 0.3 is 5.97 Å². The SMILES string of the molecule is C[C@H](Oc1ccc(Cl)cc1Cl)C(=O)OCC(=O)c1ccc2c(c1)OCO2. The predicted octanol–water partition coefficient (Wildman–Crippen LogP) is 3.92. The Labute approximate surface area is 159 Å². The summed E-state index contributed by atoms with van der Waals surface area (Å²) >= 11 is 11.8. The van der Waals surface area contributed by atoms with E-state index in [1.165, 1.54) is 13.0 Å². The van der Waals surface area contributed by atoms with Crippen LogP contribution >= 0.6 is 23.2 Å². The molecule has 26 heavy (non-hydrogen) atoms. The van der Waals surface area contributed by atoms with Crippen LogP contribution in [-0.2, 0) is 9.53 Å². The van der Waals surface area contributed by atoms with Gasteiger partial charge in [0.25, 0.3) is 0 Å². The average Bonchev–Trinajstić information content (AvgIpc) is 3.09. The summed E-state index contributed by atoms with van der Waals surface area (Å²) in [6.45, 7) is 1.20. The van der Waals surface area contributed by atoms with Crippen LogP contribution in [0.1, 0.15) is 17.3 Å². The van der Waals surface area contributed by atoms with Gasteiger partial charge in [-0.25, -0.2) is 4.79 Å². The molecule has 0 saturated carbocycles. The second-order valence-electron chi connectivity index (χ2n) is 5.43. The Bertz CT molecular complexity index is 852. The van der Waals surface area contributed by atoms with E-state index in [9.17, 15) is 9.59 Å². The maximum absolute atomic E-state index is 12.2. The molecule has 0 aromatic heterocycles. The number of Topliss-reactive ketones (excluding diaryl/α,β-unsaturated/α-hetero) is 1. The standard InChI is InChI=1S/C18H14Cl2O6/c1-10(26-15-5-3-12(19)7-13(15)20)18(22)23-8-14(21)11-2-4-16-17(6-11)25-9-24-16/h2-7,10H,8-9H2,1H3/t10-/m0/s1. The zero-order valence-corrected chi connectivity index (χ0v) is 15.2. The minimum absolute atomic E-state index is 0.115. The lowest BCUT2D eigenvalue weighted by Gasteiger charge is -2.15. The number of fused-ring (bicyclic) bond motifs is 1. The third-order valence-corrected chi connectivity index (χ3v) is 4.10. The van der Waals surface area contributed by atoms with E-state index in [-0.39, 0.29) is 17.6 Å². The van der Waals surface area contributed by atoms with E-state index >= 15 is 0 Å². The van der Waals surface area contributed by atoms with Crippen LogP contribution in [0.25, 0.3) is 0 Å². The first-order valence-corrected chi connectivity index (χ1v) is 8.41. The van der Waals surface area contributed by atoms with E-state index in [0.29, 0.717) is 27.8 Å². The van der Waals surface area contributed by atoms with Crippen molar-refractivity contribution in [2.24, 2.45) is 0 Å². The molecule has 0 aliphatic carbocycles. The highest BCUT2D eigenvalue weighted by Crippen LogP contribution is 2.32. The molecule has 0 amide bonds. The summed E-state index contributed by atoms with van der Waals surface area (Å²) in [5.41, 5.74) is 0.358. The largest absolute Gasteiger partial charge is 0.477 e. The quantitative estimate of drug-likeness (QED) is 0.544.